The maximum atomic E-state index is 5.62. The van der Waals surface area contributed by atoms with Gasteiger partial charge in [-0.2, -0.15) is 0 Å². The fourth-order valence-electron chi connectivity index (χ4n) is 2.50. The summed E-state index contributed by atoms with van der Waals surface area (Å²) < 4.78 is 27.4. The maximum Gasteiger partial charge on any atom is 0.500 e. The number of hydrogen-bond acceptors (Lipinski definition) is 5. The second-order valence-electron chi connectivity index (χ2n) is 5.09. The van der Waals surface area contributed by atoms with Gasteiger partial charge in [0.2, 0.25) is 0 Å². The lowest BCUT2D eigenvalue weighted by Gasteiger charge is -2.25. The van der Waals surface area contributed by atoms with E-state index in [2.05, 4.69) is 12.1 Å². The molecule has 118 valence electrons. The first kappa shape index (κ1) is 16.4. The van der Waals surface area contributed by atoms with Crippen LogP contribution < -0.4 is 4.74 Å². The molecule has 0 spiro atoms. The monoisotopic (exact) mass is 312 g/mol. The van der Waals surface area contributed by atoms with Gasteiger partial charge in [-0.3, -0.25) is 0 Å². The lowest BCUT2D eigenvalue weighted by molar-refractivity contribution is -0.0944. The molecule has 1 aromatic carbocycles. The summed E-state index contributed by atoms with van der Waals surface area (Å²) in [6, 6.07) is 7.08. The minimum Gasteiger partial charge on any atom is -0.465 e. The van der Waals surface area contributed by atoms with E-state index in [9.17, 15) is 0 Å². The molecule has 0 radical (unpaired) electrons. The third-order valence-corrected chi connectivity index (χ3v) is 6.60. The molecule has 2 rings (SSSR count). The van der Waals surface area contributed by atoms with Crippen molar-refractivity contribution >= 4 is 8.80 Å². The molecule has 0 bridgehead atoms. The van der Waals surface area contributed by atoms with Gasteiger partial charge in [0.25, 0.3) is 0 Å². The van der Waals surface area contributed by atoms with Gasteiger partial charge in [-0.05, 0) is 37.5 Å². The van der Waals surface area contributed by atoms with Gasteiger partial charge in [-0.1, -0.05) is 6.07 Å². The van der Waals surface area contributed by atoms with Crippen LogP contribution in [0.4, 0.5) is 0 Å². The molecule has 0 saturated heterocycles. The van der Waals surface area contributed by atoms with Crippen molar-refractivity contribution in [3.05, 3.63) is 29.3 Å². The molecule has 1 atom stereocenters. The summed E-state index contributed by atoms with van der Waals surface area (Å²) >= 11 is 0. The van der Waals surface area contributed by atoms with Crippen molar-refractivity contribution in [2.24, 2.45) is 0 Å². The van der Waals surface area contributed by atoms with Crippen LogP contribution in [0.5, 0.6) is 5.75 Å². The lowest BCUT2D eigenvalue weighted by Crippen LogP contribution is -2.42. The molecule has 1 aliphatic heterocycles. The number of fused-ring (bicyclic) bond motifs is 1. The SMILES string of the molecule is CO[Si](CCCc1ccc2c(c1)COC(C)O2)(OC)OC. The first-order chi connectivity index (χ1) is 10.1. The number of benzene rings is 1. The molecule has 1 heterocycles. The zero-order valence-electron chi connectivity index (χ0n) is 13.2. The van der Waals surface area contributed by atoms with Gasteiger partial charge in [-0.15, -0.1) is 0 Å². The molecular formula is C15H24O5Si. The first-order valence-corrected chi connectivity index (χ1v) is 9.11. The quantitative estimate of drug-likeness (QED) is 0.725. The van der Waals surface area contributed by atoms with Gasteiger partial charge in [-0.25, -0.2) is 0 Å². The van der Waals surface area contributed by atoms with Crippen LogP contribution in [-0.2, 0) is 31.0 Å². The van der Waals surface area contributed by atoms with E-state index in [0.29, 0.717) is 6.61 Å². The van der Waals surface area contributed by atoms with E-state index in [1.807, 2.05) is 13.0 Å². The van der Waals surface area contributed by atoms with Crippen LogP contribution in [0.2, 0.25) is 6.04 Å². The topological polar surface area (TPSA) is 46.2 Å². The van der Waals surface area contributed by atoms with Gasteiger partial charge < -0.3 is 22.8 Å². The summed E-state index contributed by atoms with van der Waals surface area (Å²) in [5.41, 5.74) is 2.38. The molecule has 0 aliphatic carbocycles. The molecule has 1 aliphatic rings. The molecule has 0 saturated carbocycles. The number of aryl methyl sites for hydroxylation is 1. The standard InChI is InChI=1S/C15H24O5Si/c1-12-19-11-14-10-13(7-8-15(14)20-12)6-5-9-21(16-2,17-3)18-4/h7-8,10,12H,5-6,9,11H2,1-4H3. The molecule has 21 heavy (non-hydrogen) atoms. The molecule has 1 unspecified atom stereocenters. The van der Waals surface area contributed by atoms with Crippen LogP contribution in [-0.4, -0.2) is 36.4 Å². The van der Waals surface area contributed by atoms with Gasteiger partial charge >= 0.3 is 8.80 Å². The van der Waals surface area contributed by atoms with E-state index in [-0.39, 0.29) is 6.29 Å². The Labute approximate surface area is 127 Å². The Kier molecular flexibility index (Phi) is 5.77. The summed E-state index contributed by atoms with van der Waals surface area (Å²) in [6.45, 7) is 2.51. The molecule has 0 amide bonds. The number of ether oxygens (including phenoxy) is 2. The lowest BCUT2D eigenvalue weighted by atomic mass is 10.1. The van der Waals surface area contributed by atoms with E-state index < -0.39 is 8.80 Å². The maximum absolute atomic E-state index is 5.62. The average molecular weight is 312 g/mol. The minimum absolute atomic E-state index is 0.167. The summed E-state index contributed by atoms with van der Waals surface area (Å²) in [4.78, 5) is 0. The highest BCUT2D eigenvalue weighted by Gasteiger charge is 2.36. The average Bonchev–Trinajstić information content (AvgIpc) is 2.52. The highest BCUT2D eigenvalue weighted by atomic mass is 28.4. The van der Waals surface area contributed by atoms with Crippen molar-refractivity contribution < 1.29 is 22.8 Å². The Hall–Kier alpha value is -0.923. The molecular weight excluding hydrogens is 288 g/mol. The largest absolute Gasteiger partial charge is 0.500 e. The van der Waals surface area contributed by atoms with Crippen LogP contribution in [0.25, 0.3) is 0 Å². The van der Waals surface area contributed by atoms with E-state index >= 15 is 0 Å². The van der Waals surface area contributed by atoms with Crippen molar-refractivity contribution in [1.29, 1.82) is 0 Å². The van der Waals surface area contributed by atoms with Crippen molar-refractivity contribution in [2.75, 3.05) is 21.3 Å². The third-order valence-electron chi connectivity index (χ3n) is 3.77. The summed E-state index contributed by atoms with van der Waals surface area (Å²) in [5, 5.41) is 0. The fraction of sp³-hybridized carbons (Fsp3) is 0.600. The van der Waals surface area contributed by atoms with Crippen LogP contribution in [0.1, 0.15) is 24.5 Å². The zero-order chi connectivity index (χ0) is 15.3. The predicted octanol–water partition coefficient (Wildman–Crippen LogP) is 2.75. The van der Waals surface area contributed by atoms with Crippen molar-refractivity contribution in [1.82, 2.24) is 0 Å². The summed E-state index contributed by atoms with van der Waals surface area (Å²) in [5.74, 6) is 0.923. The minimum atomic E-state index is -2.46. The van der Waals surface area contributed by atoms with Crippen molar-refractivity contribution in [3.8, 4) is 5.75 Å². The van der Waals surface area contributed by atoms with E-state index in [4.69, 9.17) is 22.8 Å². The molecule has 0 N–H and O–H groups in total. The fourth-order valence-corrected chi connectivity index (χ4v) is 4.22. The molecule has 0 aromatic heterocycles. The Morgan fingerprint density at radius 1 is 1.19 bits per heavy atom. The normalized spacial score (nSPS) is 18.2. The van der Waals surface area contributed by atoms with E-state index in [0.717, 1.165) is 30.2 Å². The van der Waals surface area contributed by atoms with E-state index in [1.165, 1.54) is 5.56 Å². The second-order valence-corrected chi connectivity index (χ2v) is 8.18. The van der Waals surface area contributed by atoms with Crippen molar-refractivity contribution in [3.63, 3.8) is 0 Å². The van der Waals surface area contributed by atoms with Crippen LogP contribution in [0.15, 0.2) is 18.2 Å². The Bertz CT molecular complexity index is 453. The van der Waals surface area contributed by atoms with Gasteiger partial charge in [0, 0.05) is 32.9 Å². The van der Waals surface area contributed by atoms with Gasteiger partial charge in [0.05, 0.1) is 6.61 Å². The highest BCUT2D eigenvalue weighted by molar-refractivity contribution is 6.60. The first-order valence-electron chi connectivity index (χ1n) is 7.18. The smallest absolute Gasteiger partial charge is 0.465 e. The summed E-state index contributed by atoms with van der Waals surface area (Å²) in [7, 11) is 2.48. The molecule has 6 heteroatoms. The van der Waals surface area contributed by atoms with Crippen molar-refractivity contribution in [2.45, 2.75) is 38.7 Å². The zero-order valence-corrected chi connectivity index (χ0v) is 14.2. The van der Waals surface area contributed by atoms with Crippen LogP contribution >= 0.6 is 0 Å². The van der Waals surface area contributed by atoms with Crippen LogP contribution in [0.3, 0.4) is 0 Å². The second kappa shape index (κ2) is 7.37. The van der Waals surface area contributed by atoms with E-state index in [1.54, 1.807) is 21.3 Å². The Morgan fingerprint density at radius 3 is 2.57 bits per heavy atom. The highest BCUT2D eigenvalue weighted by Crippen LogP contribution is 2.28. The number of hydrogen-bond donors (Lipinski definition) is 0. The molecule has 0 fully saturated rings. The van der Waals surface area contributed by atoms with Crippen LogP contribution in [0, 0.1) is 0 Å². The summed E-state index contributed by atoms with van der Waals surface area (Å²) in [6.07, 6.45) is 1.74. The molecule has 5 nitrogen and oxygen atoms in total. The number of rotatable bonds is 7. The van der Waals surface area contributed by atoms with Gasteiger partial charge in [0.15, 0.2) is 6.29 Å². The Balaban J connectivity index is 1.92. The third kappa shape index (κ3) is 4.05. The predicted molar refractivity (Wildman–Crippen MR) is 81.2 cm³/mol. The molecule has 1 aromatic rings. The van der Waals surface area contributed by atoms with Gasteiger partial charge in [0.1, 0.15) is 5.75 Å². The Morgan fingerprint density at radius 2 is 1.90 bits per heavy atom.